The van der Waals surface area contributed by atoms with E-state index in [1.807, 2.05) is 6.26 Å². The fourth-order valence-electron chi connectivity index (χ4n) is 3.41. The molecule has 1 aliphatic heterocycles. The van der Waals surface area contributed by atoms with Crippen molar-refractivity contribution >= 4 is 10.8 Å². The first-order chi connectivity index (χ1) is 8.68. The van der Waals surface area contributed by atoms with E-state index in [0.29, 0.717) is 6.04 Å². The van der Waals surface area contributed by atoms with E-state index in [2.05, 4.69) is 17.6 Å². The van der Waals surface area contributed by atoms with E-state index in [-0.39, 0.29) is 5.25 Å². The lowest BCUT2D eigenvalue weighted by Gasteiger charge is -2.36. The normalized spacial score (nSPS) is 36.4. The Labute approximate surface area is 114 Å². The number of hydrogen-bond donors (Lipinski definition) is 2. The summed E-state index contributed by atoms with van der Waals surface area (Å²) in [5.41, 5.74) is 0. The van der Waals surface area contributed by atoms with Crippen LogP contribution in [0.3, 0.4) is 0 Å². The van der Waals surface area contributed by atoms with Gasteiger partial charge in [-0.2, -0.15) is 0 Å². The third-order valence-corrected chi connectivity index (χ3v) is 5.97. The molecule has 3 nitrogen and oxygen atoms in total. The Morgan fingerprint density at radius 3 is 2.72 bits per heavy atom. The lowest BCUT2D eigenvalue weighted by molar-refractivity contribution is 0.215. The van der Waals surface area contributed by atoms with Crippen LogP contribution in [-0.2, 0) is 10.8 Å². The Hall–Kier alpha value is 0.0700. The van der Waals surface area contributed by atoms with Crippen molar-refractivity contribution in [3.05, 3.63) is 0 Å². The molecule has 106 valence electrons. The topological polar surface area (TPSA) is 41.1 Å². The van der Waals surface area contributed by atoms with Crippen LogP contribution < -0.4 is 10.6 Å². The molecule has 2 fully saturated rings. The molecule has 0 radical (unpaired) electrons. The van der Waals surface area contributed by atoms with Gasteiger partial charge in [0.15, 0.2) is 0 Å². The van der Waals surface area contributed by atoms with Crippen LogP contribution in [0.15, 0.2) is 0 Å². The minimum absolute atomic E-state index is 0.268. The van der Waals surface area contributed by atoms with Crippen molar-refractivity contribution in [2.75, 3.05) is 19.3 Å². The summed E-state index contributed by atoms with van der Waals surface area (Å²) in [6, 6.07) is 1.37. The van der Waals surface area contributed by atoms with Gasteiger partial charge in [0.1, 0.15) is 0 Å². The molecule has 0 bridgehead atoms. The zero-order valence-electron chi connectivity index (χ0n) is 11.8. The van der Waals surface area contributed by atoms with Crippen LogP contribution >= 0.6 is 0 Å². The average Bonchev–Trinajstić information content (AvgIpc) is 2.89. The van der Waals surface area contributed by atoms with Crippen LogP contribution in [0, 0.1) is 5.92 Å². The molecule has 18 heavy (non-hydrogen) atoms. The van der Waals surface area contributed by atoms with Crippen molar-refractivity contribution in [3.8, 4) is 0 Å². The molecular formula is C14H28N2OS. The van der Waals surface area contributed by atoms with E-state index in [9.17, 15) is 4.21 Å². The molecule has 4 heteroatoms. The van der Waals surface area contributed by atoms with Crippen molar-refractivity contribution in [3.63, 3.8) is 0 Å². The quantitative estimate of drug-likeness (QED) is 0.800. The first-order valence-electron chi connectivity index (χ1n) is 7.47. The number of rotatable bonds is 5. The Morgan fingerprint density at radius 1 is 1.28 bits per heavy atom. The van der Waals surface area contributed by atoms with Crippen molar-refractivity contribution in [1.82, 2.24) is 10.6 Å². The minimum atomic E-state index is -0.706. The highest BCUT2D eigenvalue weighted by atomic mass is 32.2. The summed E-state index contributed by atoms with van der Waals surface area (Å²) in [4.78, 5) is 0. The molecule has 0 aromatic rings. The molecule has 2 rings (SSSR count). The van der Waals surface area contributed by atoms with Crippen LogP contribution in [0.5, 0.6) is 0 Å². The molecule has 1 saturated heterocycles. The van der Waals surface area contributed by atoms with Gasteiger partial charge in [0.2, 0.25) is 0 Å². The SMILES string of the molecule is CC(CNC1CCCCC1C1CCCN1)S(C)=O. The fourth-order valence-corrected chi connectivity index (χ4v) is 3.74. The zero-order chi connectivity index (χ0) is 13.0. The average molecular weight is 272 g/mol. The Kier molecular flexibility index (Phi) is 5.64. The highest BCUT2D eigenvalue weighted by Crippen LogP contribution is 2.30. The molecule has 0 amide bonds. The second kappa shape index (κ2) is 7.01. The molecule has 5 atom stereocenters. The van der Waals surface area contributed by atoms with Crippen molar-refractivity contribution < 1.29 is 4.21 Å². The second-order valence-electron chi connectivity index (χ2n) is 5.98. The Bertz CT molecular complexity index is 279. The first kappa shape index (κ1) is 14.5. The Morgan fingerprint density at radius 2 is 2.06 bits per heavy atom. The first-order valence-corrected chi connectivity index (χ1v) is 9.09. The maximum atomic E-state index is 11.4. The highest BCUT2D eigenvalue weighted by molar-refractivity contribution is 7.84. The summed E-state index contributed by atoms with van der Waals surface area (Å²) >= 11 is 0. The van der Waals surface area contributed by atoms with Gasteiger partial charge in [-0.3, -0.25) is 4.21 Å². The summed E-state index contributed by atoms with van der Waals surface area (Å²) in [7, 11) is -0.706. The molecule has 2 aliphatic rings. The third-order valence-electron chi connectivity index (χ3n) is 4.67. The molecule has 1 saturated carbocycles. The van der Waals surface area contributed by atoms with Gasteiger partial charge < -0.3 is 10.6 Å². The minimum Gasteiger partial charge on any atom is -0.314 e. The predicted octanol–water partition coefficient (Wildman–Crippen LogP) is 1.65. The van der Waals surface area contributed by atoms with Crippen LogP contribution in [0.25, 0.3) is 0 Å². The fraction of sp³-hybridized carbons (Fsp3) is 1.00. The van der Waals surface area contributed by atoms with Gasteiger partial charge >= 0.3 is 0 Å². The van der Waals surface area contributed by atoms with Crippen LogP contribution in [-0.4, -0.2) is 40.9 Å². The molecule has 0 spiro atoms. The van der Waals surface area contributed by atoms with Gasteiger partial charge in [-0.25, -0.2) is 0 Å². The molecule has 5 unspecified atom stereocenters. The lowest BCUT2D eigenvalue weighted by Crippen LogP contribution is -2.48. The van der Waals surface area contributed by atoms with Crippen LogP contribution in [0.1, 0.15) is 45.4 Å². The van der Waals surface area contributed by atoms with E-state index in [4.69, 9.17) is 0 Å². The second-order valence-corrected chi connectivity index (χ2v) is 7.78. The van der Waals surface area contributed by atoms with E-state index in [1.54, 1.807) is 0 Å². The van der Waals surface area contributed by atoms with Gasteiger partial charge in [-0.05, 0) is 45.1 Å². The molecule has 0 aromatic carbocycles. The zero-order valence-corrected chi connectivity index (χ0v) is 12.6. The molecule has 2 N–H and O–H groups in total. The molecular weight excluding hydrogens is 244 g/mol. The standard InChI is InChI=1S/C14H28N2OS/c1-11(18(2)17)10-16-14-7-4-3-6-12(14)13-8-5-9-15-13/h11-16H,3-10H2,1-2H3. The van der Waals surface area contributed by atoms with Gasteiger partial charge in [0, 0.05) is 40.9 Å². The Balaban J connectivity index is 1.85. The van der Waals surface area contributed by atoms with Gasteiger partial charge in [0.05, 0.1) is 0 Å². The number of nitrogens with one attached hydrogen (secondary N) is 2. The van der Waals surface area contributed by atoms with Crippen molar-refractivity contribution in [2.24, 2.45) is 5.92 Å². The predicted molar refractivity (Wildman–Crippen MR) is 78.3 cm³/mol. The van der Waals surface area contributed by atoms with E-state index in [0.717, 1.165) is 18.5 Å². The van der Waals surface area contributed by atoms with Crippen molar-refractivity contribution in [2.45, 2.75) is 62.8 Å². The van der Waals surface area contributed by atoms with Gasteiger partial charge in [0.25, 0.3) is 0 Å². The highest BCUT2D eigenvalue weighted by Gasteiger charge is 2.33. The van der Waals surface area contributed by atoms with E-state index < -0.39 is 10.8 Å². The summed E-state index contributed by atoms with van der Waals surface area (Å²) in [6.45, 7) is 4.18. The molecule has 0 aromatic heterocycles. The summed E-state index contributed by atoms with van der Waals surface area (Å²) < 4.78 is 11.4. The summed E-state index contributed by atoms with van der Waals surface area (Å²) in [6.07, 6.45) is 9.89. The summed E-state index contributed by atoms with van der Waals surface area (Å²) in [5.74, 6) is 0.791. The molecule has 1 heterocycles. The smallest absolute Gasteiger partial charge is 0.0441 e. The maximum absolute atomic E-state index is 11.4. The largest absolute Gasteiger partial charge is 0.314 e. The number of hydrogen-bond acceptors (Lipinski definition) is 3. The monoisotopic (exact) mass is 272 g/mol. The van der Waals surface area contributed by atoms with E-state index in [1.165, 1.54) is 45.1 Å². The van der Waals surface area contributed by atoms with Crippen LogP contribution in [0.2, 0.25) is 0 Å². The van der Waals surface area contributed by atoms with Gasteiger partial charge in [-0.1, -0.05) is 12.8 Å². The third kappa shape index (κ3) is 3.78. The maximum Gasteiger partial charge on any atom is 0.0441 e. The van der Waals surface area contributed by atoms with E-state index >= 15 is 0 Å². The van der Waals surface area contributed by atoms with Crippen molar-refractivity contribution in [1.29, 1.82) is 0 Å². The molecule has 1 aliphatic carbocycles. The van der Waals surface area contributed by atoms with Gasteiger partial charge in [-0.15, -0.1) is 0 Å². The summed E-state index contributed by atoms with van der Waals surface area (Å²) in [5, 5.41) is 7.63. The lowest BCUT2D eigenvalue weighted by atomic mass is 9.79. The van der Waals surface area contributed by atoms with Crippen LogP contribution in [0.4, 0.5) is 0 Å².